The maximum Gasteiger partial charge on any atom is 0.143 e. The standard InChI is InChI=1S/C11H12FN3/c12-11-7-10(2-1-9(11)8-13)15-5-3-14-4-6-15/h1-2,7,14H,3-6H2. The van der Waals surface area contributed by atoms with Gasteiger partial charge in [-0.1, -0.05) is 0 Å². The van der Waals surface area contributed by atoms with Gasteiger partial charge in [-0.25, -0.2) is 4.39 Å². The number of piperazine rings is 1. The molecule has 1 aliphatic rings. The average molecular weight is 205 g/mol. The molecule has 0 atom stereocenters. The van der Waals surface area contributed by atoms with Crippen LogP contribution in [0, 0.1) is 17.1 Å². The van der Waals surface area contributed by atoms with Crippen LogP contribution in [0.4, 0.5) is 10.1 Å². The molecule has 4 heteroatoms. The lowest BCUT2D eigenvalue weighted by molar-refractivity contribution is 0.584. The van der Waals surface area contributed by atoms with E-state index in [1.54, 1.807) is 6.07 Å². The third-order valence-corrected chi connectivity index (χ3v) is 2.56. The van der Waals surface area contributed by atoms with Crippen molar-refractivity contribution in [1.82, 2.24) is 5.32 Å². The molecule has 2 rings (SSSR count). The van der Waals surface area contributed by atoms with Gasteiger partial charge in [0.25, 0.3) is 0 Å². The second-order valence-corrected chi connectivity index (χ2v) is 3.51. The van der Waals surface area contributed by atoms with Gasteiger partial charge >= 0.3 is 0 Å². The molecule has 0 radical (unpaired) electrons. The summed E-state index contributed by atoms with van der Waals surface area (Å²) in [4.78, 5) is 2.11. The van der Waals surface area contributed by atoms with Crippen molar-refractivity contribution in [3.05, 3.63) is 29.6 Å². The Hall–Kier alpha value is -1.60. The minimum absolute atomic E-state index is 0.105. The van der Waals surface area contributed by atoms with Gasteiger partial charge in [0.05, 0.1) is 5.56 Å². The third kappa shape index (κ3) is 2.08. The van der Waals surface area contributed by atoms with Gasteiger partial charge in [0.15, 0.2) is 0 Å². The van der Waals surface area contributed by atoms with E-state index >= 15 is 0 Å². The molecule has 1 saturated heterocycles. The third-order valence-electron chi connectivity index (χ3n) is 2.56. The predicted octanol–water partition coefficient (Wildman–Crippen LogP) is 1.11. The lowest BCUT2D eigenvalue weighted by Gasteiger charge is -2.29. The van der Waals surface area contributed by atoms with Gasteiger partial charge in [-0.15, -0.1) is 0 Å². The zero-order chi connectivity index (χ0) is 10.7. The lowest BCUT2D eigenvalue weighted by atomic mass is 10.2. The van der Waals surface area contributed by atoms with Crippen molar-refractivity contribution in [2.45, 2.75) is 0 Å². The number of anilines is 1. The number of benzene rings is 1. The Bertz CT molecular complexity index is 391. The Labute approximate surface area is 88.1 Å². The second kappa shape index (κ2) is 4.28. The fourth-order valence-corrected chi connectivity index (χ4v) is 1.71. The first-order chi connectivity index (χ1) is 7.31. The van der Waals surface area contributed by atoms with E-state index in [4.69, 9.17) is 5.26 Å². The summed E-state index contributed by atoms with van der Waals surface area (Å²) in [6.07, 6.45) is 0. The molecule has 0 aliphatic carbocycles. The highest BCUT2D eigenvalue weighted by molar-refractivity contribution is 5.50. The zero-order valence-electron chi connectivity index (χ0n) is 8.33. The number of rotatable bonds is 1. The first-order valence-electron chi connectivity index (χ1n) is 4.96. The summed E-state index contributed by atoms with van der Waals surface area (Å²) in [5.41, 5.74) is 0.960. The Morgan fingerprint density at radius 2 is 2.07 bits per heavy atom. The van der Waals surface area contributed by atoms with Crippen molar-refractivity contribution in [1.29, 1.82) is 5.26 Å². The van der Waals surface area contributed by atoms with Crippen LogP contribution in [-0.2, 0) is 0 Å². The summed E-state index contributed by atoms with van der Waals surface area (Å²) in [5.74, 6) is -0.437. The van der Waals surface area contributed by atoms with E-state index in [1.165, 1.54) is 12.1 Å². The summed E-state index contributed by atoms with van der Waals surface area (Å²) in [5, 5.41) is 11.8. The van der Waals surface area contributed by atoms with Crippen LogP contribution >= 0.6 is 0 Å². The number of hydrogen-bond donors (Lipinski definition) is 1. The average Bonchev–Trinajstić information content (AvgIpc) is 2.30. The quantitative estimate of drug-likeness (QED) is 0.746. The van der Waals surface area contributed by atoms with Gasteiger partial charge in [0.1, 0.15) is 11.9 Å². The SMILES string of the molecule is N#Cc1ccc(N2CCNCC2)cc1F. The Kier molecular flexibility index (Phi) is 2.84. The van der Waals surface area contributed by atoms with Crippen molar-refractivity contribution in [2.75, 3.05) is 31.1 Å². The Balaban J connectivity index is 2.22. The van der Waals surface area contributed by atoms with Crippen molar-refractivity contribution in [3.8, 4) is 6.07 Å². The van der Waals surface area contributed by atoms with E-state index in [1.807, 2.05) is 6.07 Å². The van der Waals surface area contributed by atoms with Crippen LogP contribution in [0.5, 0.6) is 0 Å². The summed E-state index contributed by atoms with van der Waals surface area (Å²) in [6.45, 7) is 3.60. The molecular weight excluding hydrogens is 193 g/mol. The highest BCUT2D eigenvalue weighted by Crippen LogP contribution is 2.18. The molecule has 0 amide bonds. The largest absolute Gasteiger partial charge is 0.369 e. The maximum absolute atomic E-state index is 13.3. The molecule has 0 spiro atoms. The molecule has 1 N–H and O–H groups in total. The summed E-state index contributed by atoms with van der Waals surface area (Å²) in [6, 6.07) is 6.59. The minimum atomic E-state index is -0.437. The molecule has 0 saturated carbocycles. The van der Waals surface area contributed by atoms with E-state index in [9.17, 15) is 4.39 Å². The Morgan fingerprint density at radius 1 is 1.33 bits per heavy atom. The number of nitriles is 1. The van der Waals surface area contributed by atoms with E-state index in [0.717, 1.165) is 31.9 Å². The summed E-state index contributed by atoms with van der Waals surface area (Å²) in [7, 11) is 0. The maximum atomic E-state index is 13.3. The zero-order valence-corrected chi connectivity index (χ0v) is 8.33. The molecule has 0 bridgehead atoms. The second-order valence-electron chi connectivity index (χ2n) is 3.51. The number of halogens is 1. The first-order valence-corrected chi connectivity index (χ1v) is 4.96. The molecule has 1 aliphatic heterocycles. The van der Waals surface area contributed by atoms with Crippen LogP contribution in [0.3, 0.4) is 0 Å². The molecule has 3 nitrogen and oxygen atoms in total. The molecule has 1 fully saturated rings. The topological polar surface area (TPSA) is 39.1 Å². The molecular formula is C11H12FN3. The van der Waals surface area contributed by atoms with Crippen molar-refractivity contribution in [2.24, 2.45) is 0 Å². The van der Waals surface area contributed by atoms with Crippen LogP contribution in [0.2, 0.25) is 0 Å². The molecule has 78 valence electrons. The number of hydrogen-bond acceptors (Lipinski definition) is 3. The highest BCUT2D eigenvalue weighted by Gasteiger charge is 2.12. The van der Waals surface area contributed by atoms with E-state index in [2.05, 4.69) is 10.2 Å². The molecule has 15 heavy (non-hydrogen) atoms. The highest BCUT2D eigenvalue weighted by atomic mass is 19.1. The molecule has 1 heterocycles. The number of nitrogens with one attached hydrogen (secondary N) is 1. The predicted molar refractivity (Wildman–Crippen MR) is 56.2 cm³/mol. The van der Waals surface area contributed by atoms with Crippen LogP contribution < -0.4 is 10.2 Å². The summed E-state index contributed by atoms with van der Waals surface area (Å²) >= 11 is 0. The van der Waals surface area contributed by atoms with Crippen LogP contribution in [0.1, 0.15) is 5.56 Å². The van der Waals surface area contributed by atoms with Crippen molar-refractivity contribution in [3.63, 3.8) is 0 Å². The summed E-state index contributed by atoms with van der Waals surface area (Å²) < 4.78 is 13.3. The smallest absolute Gasteiger partial charge is 0.143 e. The minimum Gasteiger partial charge on any atom is -0.369 e. The molecule has 1 aromatic carbocycles. The van der Waals surface area contributed by atoms with Gasteiger partial charge in [-0.05, 0) is 18.2 Å². The van der Waals surface area contributed by atoms with Crippen LogP contribution in [0.25, 0.3) is 0 Å². The number of nitrogens with zero attached hydrogens (tertiary/aromatic N) is 2. The van der Waals surface area contributed by atoms with Crippen molar-refractivity contribution < 1.29 is 4.39 Å². The fraction of sp³-hybridized carbons (Fsp3) is 0.364. The lowest BCUT2D eigenvalue weighted by Crippen LogP contribution is -2.43. The Morgan fingerprint density at radius 3 is 2.67 bits per heavy atom. The fourth-order valence-electron chi connectivity index (χ4n) is 1.71. The van der Waals surface area contributed by atoms with Crippen LogP contribution in [-0.4, -0.2) is 26.2 Å². The van der Waals surface area contributed by atoms with E-state index in [0.29, 0.717) is 0 Å². The molecule has 1 aromatic rings. The van der Waals surface area contributed by atoms with E-state index < -0.39 is 5.82 Å². The molecule has 0 aromatic heterocycles. The van der Waals surface area contributed by atoms with Gasteiger partial charge in [-0.3, -0.25) is 0 Å². The first kappa shape index (κ1) is 9.94. The van der Waals surface area contributed by atoms with Gasteiger partial charge in [-0.2, -0.15) is 5.26 Å². The van der Waals surface area contributed by atoms with Gasteiger partial charge in [0, 0.05) is 31.9 Å². The van der Waals surface area contributed by atoms with Crippen molar-refractivity contribution >= 4 is 5.69 Å². The molecule has 0 unspecified atom stereocenters. The van der Waals surface area contributed by atoms with Gasteiger partial charge in [0.2, 0.25) is 0 Å². The van der Waals surface area contributed by atoms with Gasteiger partial charge < -0.3 is 10.2 Å². The van der Waals surface area contributed by atoms with Crippen LogP contribution in [0.15, 0.2) is 18.2 Å². The monoisotopic (exact) mass is 205 g/mol. The van der Waals surface area contributed by atoms with E-state index in [-0.39, 0.29) is 5.56 Å². The normalized spacial score (nSPS) is 16.1.